The number of aromatic nitrogens is 3. The quantitative estimate of drug-likeness (QED) is 0.391. The van der Waals surface area contributed by atoms with E-state index in [-0.39, 0.29) is 16.4 Å². The molecule has 4 rings (SSSR count). The first-order valence-electron chi connectivity index (χ1n) is 10.3. The Bertz CT molecular complexity index is 1180. The smallest absolute Gasteiger partial charge is 0.428 e. The lowest BCUT2D eigenvalue weighted by molar-refractivity contribution is -0.253. The molecule has 3 aromatic rings. The highest BCUT2D eigenvalue weighted by atomic mass is 79.9. The zero-order valence-electron chi connectivity index (χ0n) is 17.6. The van der Waals surface area contributed by atoms with Crippen molar-refractivity contribution in [1.29, 1.82) is 0 Å². The summed E-state index contributed by atoms with van der Waals surface area (Å²) in [5, 5.41) is 0.131. The van der Waals surface area contributed by atoms with Crippen molar-refractivity contribution in [3.8, 4) is 5.75 Å². The fraction of sp³-hybridized carbons (Fsp3) is 0.429. The lowest BCUT2D eigenvalue weighted by Crippen LogP contribution is -2.33. The first-order valence-corrected chi connectivity index (χ1v) is 12.4. The number of piperidine rings is 1. The molecule has 1 aliphatic heterocycles. The highest BCUT2D eigenvalue weighted by molar-refractivity contribution is 9.10. The number of rotatable bonds is 7. The summed E-state index contributed by atoms with van der Waals surface area (Å²) in [6.07, 6.45) is -3.44. The lowest BCUT2D eigenvalue weighted by atomic mass is 10.1. The van der Waals surface area contributed by atoms with Crippen molar-refractivity contribution in [2.24, 2.45) is 0 Å². The number of imidazole rings is 1. The first-order chi connectivity index (χ1) is 15.7. The number of hydrogen-bond donors (Lipinski definition) is 1. The summed E-state index contributed by atoms with van der Waals surface area (Å²) in [6, 6.07) is 3.56. The van der Waals surface area contributed by atoms with Crippen molar-refractivity contribution < 1.29 is 26.5 Å². The van der Waals surface area contributed by atoms with Crippen LogP contribution in [0, 0.1) is 6.92 Å². The van der Waals surface area contributed by atoms with E-state index in [4.69, 9.17) is 0 Å². The van der Waals surface area contributed by atoms with Gasteiger partial charge in [0.1, 0.15) is 5.75 Å². The Morgan fingerprint density at radius 1 is 1.27 bits per heavy atom. The van der Waals surface area contributed by atoms with Crippen LogP contribution in [-0.4, -0.2) is 44.8 Å². The number of alkyl halides is 4. The van der Waals surface area contributed by atoms with Crippen molar-refractivity contribution in [2.75, 3.05) is 18.0 Å². The van der Waals surface area contributed by atoms with E-state index in [1.807, 2.05) is 6.92 Å². The minimum atomic E-state index is -4.61. The van der Waals surface area contributed by atoms with Crippen LogP contribution in [0.4, 0.5) is 23.2 Å². The summed E-state index contributed by atoms with van der Waals surface area (Å²) >= 11 is 3.58. The molecule has 1 saturated heterocycles. The van der Waals surface area contributed by atoms with Gasteiger partial charge in [-0.3, -0.25) is 9.19 Å². The Balaban J connectivity index is 1.55. The van der Waals surface area contributed by atoms with Gasteiger partial charge >= 0.3 is 12.5 Å². The van der Waals surface area contributed by atoms with Gasteiger partial charge in [0, 0.05) is 25.4 Å². The van der Waals surface area contributed by atoms with Gasteiger partial charge in [-0.05, 0) is 59.8 Å². The molecule has 0 saturated carbocycles. The van der Waals surface area contributed by atoms with Crippen molar-refractivity contribution >= 4 is 43.5 Å². The molecule has 33 heavy (non-hydrogen) atoms. The second kappa shape index (κ2) is 9.57. The summed E-state index contributed by atoms with van der Waals surface area (Å²) in [6.45, 7) is 3.84. The highest BCUT2D eigenvalue weighted by Crippen LogP contribution is 2.34. The SMILES string of the molecule is Cc1c(CS(=O)c2nc3ccc(OC(F)(F)C(F)F)cc3[nH]2)ncc(Br)c1N1CCCCC1. The molecule has 178 valence electrons. The van der Waals surface area contributed by atoms with Crippen LogP contribution in [-0.2, 0) is 16.6 Å². The minimum absolute atomic E-state index is 0.104. The van der Waals surface area contributed by atoms with Crippen molar-refractivity contribution in [1.82, 2.24) is 15.0 Å². The van der Waals surface area contributed by atoms with E-state index in [1.54, 1.807) is 6.20 Å². The molecule has 3 heterocycles. The van der Waals surface area contributed by atoms with E-state index in [0.29, 0.717) is 11.2 Å². The van der Waals surface area contributed by atoms with Gasteiger partial charge in [0.05, 0.1) is 43.4 Å². The van der Waals surface area contributed by atoms with Gasteiger partial charge in [-0.25, -0.2) is 4.98 Å². The highest BCUT2D eigenvalue weighted by Gasteiger charge is 2.44. The summed E-state index contributed by atoms with van der Waals surface area (Å²) in [5.74, 6) is -0.350. The molecule has 1 unspecified atom stereocenters. The van der Waals surface area contributed by atoms with Gasteiger partial charge in [0.2, 0.25) is 0 Å². The molecule has 1 N–H and O–H groups in total. The number of benzene rings is 1. The van der Waals surface area contributed by atoms with E-state index >= 15 is 0 Å². The molecule has 1 atom stereocenters. The van der Waals surface area contributed by atoms with Crippen molar-refractivity contribution in [3.63, 3.8) is 0 Å². The largest absolute Gasteiger partial charge is 0.461 e. The summed E-state index contributed by atoms with van der Waals surface area (Å²) in [5.41, 5.74) is 3.23. The number of pyridine rings is 1. The molecule has 1 aromatic carbocycles. The Hall–Kier alpha value is -2.21. The maximum atomic E-state index is 13.2. The molecule has 0 spiro atoms. The molecule has 12 heteroatoms. The Morgan fingerprint density at radius 2 is 2.00 bits per heavy atom. The molecule has 0 aliphatic carbocycles. The van der Waals surface area contributed by atoms with Crippen LogP contribution in [0.2, 0.25) is 0 Å². The molecule has 2 aromatic heterocycles. The zero-order valence-corrected chi connectivity index (χ0v) is 20.0. The summed E-state index contributed by atoms with van der Waals surface area (Å²) in [4.78, 5) is 13.8. The lowest BCUT2D eigenvalue weighted by Gasteiger charge is -2.31. The first kappa shape index (κ1) is 23.9. The van der Waals surface area contributed by atoms with E-state index in [9.17, 15) is 21.8 Å². The number of nitrogens with zero attached hydrogens (tertiary/aromatic N) is 3. The number of H-pyrrole nitrogens is 1. The van der Waals surface area contributed by atoms with E-state index in [1.165, 1.54) is 12.5 Å². The van der Waals surface area contributed by atoms with Crippen LogP contribution in [0.5, 0.6) is 5.75 Å². The Labute approximate surface area is 198 Å². The Kier molecular flexibility index (Phi) is 6.94. The number of halogens is 5. The van der Waals surface area contributed by atoms with Crippen LogP contribution >= 0.6 is 15.9 Å². The molecule has 1 fully saturated rings. The molecule has 0 radical (unpaired) electrons. The topological polar surface area (TPSA) is 71.1 Å². The van der Waals surface area contributed by atoms with E-state index < -0.39 is 29.1 Å². The van der Waals surface area contributed by atoms with Gasteiger partial charge < -0.3 is 14.6 Å². The summed E-state index contributed by atoms with van der Waals surface area (Å²) in [7, 11) is -1.60. The summed E-state index contributed by atoms with van der Waals surface area (Å²) < 4.78 is 69.1. The van der Waals surface area contributed by atoms with Gasteiger partial charge in [-0.2, -0.15) is 17.6 Å². The predicted octanol–water partition coefficient (Wildman–Crippen LogP) is 5.56. The van der Waals surface area contributed by atoms with Crippen LogP contribution < -0.4 is 9.64 Å². The zero-order chi connectivity index (χ0) is 23.8. The third-order valence-electron chi connectivity index (χ3n) is 5.44. The number of aromatic amines is 1. The predicted molar refractivity (Wildman–Crippen MR) is 121 cm³/mol. The van der Waals surface area contributed by atoms with Crippen LogP contribution in [0.1, 0.15) is 30.5 Å². The fourth-order valence-corrected chi connectivity index (χ4v) is 5.54. The van der Waals surface area contributed by atoms with Gasteiger partial charge in [-0.1, -0.05) is 0 Å². The molecule has 1 aliphatic rings. The number of anilines is 1. The monoisotopic (exact) mass is 548 g/mol. The molecule has 0 bridgehead atoms. The molecular formula is C21H21BrF4N4O2S. The molecule has 6 nitrogen and oxygen atoms in total. The van der Waals surface area contributed by atoms with Crippen molar-refractivity contribution in [2.45, 2.75) is 49.6 Å². The number of hydrogen-bond acceptors (Lipinski definition) is 5. The normalized spacial score (nSPS) is 15.9. The standard InChI is InChI=1S/C21H21BrF4N4O2S/c1-12-17(27-10-14(22)18(12)30-7-3-2-4-8-30)11-33(31)20-28-15-6-5-13(9-16(15)29-20)32-21(25,26)19(23)24/h5-6,9-10,19H,2-4,7-8,11H2,1H3,(H,28,29). The Morgan fingerprint density at radius 3 is 2.70 bits per heavy atom. The van der Waals surface area contributed by atoms with Gasteiger partial charge in [0.15, 0.2) is 5.16 Å². The average Bonchev–Trinajstić information content (AvgIpc) is 3.20. The van der Waals surface area contributed by atoms with Crippen LogP contribution in [0.3, 0.4) is 0 Å². The second-order valence-electron chi connectivity index (χ2n) is 7.75. The van der Waals surface area contributed by atoms with Gasteiger partial charge in [0.25, 0.3) is 0 Å². The van der Waals surface area contributed by atoms with E-state index in [2.05, 4.69) is 40.5 Å². The second-order valence-corrected chi connectivity index (χ2v) is 9.97. The number of ether oxygens (including phenoxy) is 1. The fourth-order valence-electron chi connectivity index (χ4n) is 3.79. The van der Waals surface area contributed by atoms with E-state index in [0.717, 1.165) is 53.8 Å². The average molecular weight is 549 g/mol. The third kappa shape index (κ3) is 5.16. The van der Waals surface area contributed by atoms with Crippen LogP contribution in [0.25, 0.3) is 11.0 Å². The van der Waals surface area contributed by atoms with Gasteiger partial charge in [-0.15, -0.1) is 0 Å². The van der Waals surface area contributed by atoms with Crippen LogP contribution in [0.15, 0.2) is 34.0 Å². The maximum Gasteiger partial charge on any atom is 0.461 e. The number of fused-ring (bicyclic) bond motifs is 1. The minimum Gasteiger partial charge on any atom is -0.428 e. The van der Waals surface area contributed by atoms with Crippen molar-refractivity contribution in [3.05, 3.63) is 40.1 Å². The number of nitrogens with one attached hydrogen (secondary N) is 1. The third-order valence-corrected chi connectivity index (χ3v) is 7.18. The molecular weight excluding hydrogens is 528 g/mol. The maximum absolute atomic E-state index is 13.2. The molecule has 0 amide bonds.